The Morgan fingerprint density at radius 1 is 0.250 bits per heavy atom. The quantitative estimate of drug-likeness (QED) is 0.113. The topological polar surface area (TPSA) is 6.48 Å². The monoisotopic (exact) mass is 970 g/mol. The average Bonchev–Trinajstić information content (AvgIpc) is 3.54. The van der Waals surface area contributed by atoms with E-state index in [4.69, 9.17) is 0 Å². The Balaban J connectivity index is 1.08. The van der Waals surface area contributed by atoms with Crippen LogP contribution in [-0.2, 0) is 0 Å². The van der Waals surface area contributed by atoms with Gasteiger partial charge in [-0.3, -0.25) is 0 Å². The number of benzene rings is 12. The molecule has 12 aromatic rings. The van der Waals surface area contributed by atoms with Gasteiger partial charge in [0, 0.05) is 40.0 Å². The van der Waals surface area contributed by atoms with Crippen molar-refractivity contribution >= 4 is 55.7 Å². The smallest absolute Gasteiger partial charge is 0.0468 e. The van der Waals surface area contributed by atoms with Gasteiger partial charge in [-0.05, 0) is 168 Å². The summed E-state index contributed by atoms with van der Waals surface area (Å²) in [4.78, 5) is 4.80. The summed E-state index contributed by atoms with van der Waals surface area (Å²) in [5, 5.41) is 4.75. The van der Waals surface area contributed by atoms with Crippen LogP contribution in [0, 0.1) is 0 Å². The Labute approximate surface area is 446 Å². The largest absolute Gasteiger partial charge is 0.310 e. The van der Waals surface area contributed by atoms with Crippen LogP contribution >= 0.6 is 0 Å². The molecule has 0 aliphatic heterocycles. The summed E-state index contributed by atoms with van der Waals surface area (Å²) in [6.45, 7) is 0. The number of hydrogen-bond acceptors (Lipinski definition) is 2. The maximum Gasteiger partial charge on any atom is 0.0468 e. The molecule has 360 valence electrons. The Morgan fingerprint density at radius 3 is 1.08 bits per heavy atom. The molecule has 76 heavy (non-hydrogen) atoms. The summed E-state index contributed by atoms with van der Waals surface area (Å²) in [6, 6.07) is 104. The standard InChI is InChI=1S/C74H54N2/c1-7-21-53(22-8-1)57-37-41-65(42-38-57)75(63-33-15-5-16-34-63)67-45-47-69-71(51-67)73(61-31-19-29-59(49-61)55-25-11-3-12-26-55)70-48-46-68(52-72(70)74(69)62-32-20-30-60(50-62)56-27-13-4-14-28-56)76(64-35-17-6-18-36-64)66-43-39-58(40-44-66)54-23-9-2-10-24-54/h1-27,29-52,56H,28H2. The van der Waals surface area contributed by atoms with Crippen LogP contribution in [-0.4, -0.2) is 0 Å². The van der Waals surface area contributed by atoms with E-state index in [0.717, 1.165) is 46.1 Å². The molecule has 1 unspecified atom stereocenters. The lowest BCUT2D eigenvalue weighted by atomic mass is 9.83. The molecule has 0 radical (unpaired) electrons. The zero-order chi connectivity index (χ0) is 50.6. The number of nitrogens with zero attached hydrogens (tertiary/aromatic N) is 2. The second-order valence-electron chi connectivity index (χ2n) is 19.6. The highest BCUT2D eigenvalue weighted by Crippen LogP contribution is 2.49. The van der Waals surface area contributed by atoms with Gasteiger partial charge in [-0.1, -0.05) is 231 Å². The van der Waals surface area contributed by atoms with E-state index < -0.39 is 0 Å². The maximum absolute atomic E-state index is 2.45. The highest BCUT2D eigenvalue weighted by Gasteiger charge is 2.23. The molecule has 0 saturated heterocycles. The van der Waals surface area contributed by atoms with Crippen LogP contribution in [0.5, 0.6) is 0 Å². The lowest BCUT2D eigenvalue weighted by Crippen LogP contribution is -2.10. The van der Waals surface area contributed by atoms with E-state index >= 15 is 0 Å². The molecule has 0 heterocycles. The molecule has 2 heteroatoms. The van der Waals surface area contributed by atoms with E-state index in [1.54, 1.807) is 0 Å². The van der Waals surface area contributed by atoms with Gasteiger partial charge in [-0.2, -0.15) is 0 Å². The van der Waals surface area contributed by atoms with Crippen molar-refractivity contribution in [2.24, 2.45) is 0 Å². The minimum Gasteiger partial charge on any atom is -0.310 e. The predicted molar refractivity (Wildman–Crippen MR) is 324 cm³/mol. The molecule has 0 N–H and O–H groups in total. The van der Waals surface area contributed by atoms with E-state index in [1.807, 2.05) is 0 Å². The van der Waals surface area contributed by atoms with Crippen molar-refractivity contribution in [2.75, 3.05) is 9.80 Å². The minimum absolute atomic E-state index is 0.296. The lowest BCUT2D eigenvalue weighted by molar-refractivity contribution is 0.854. The van der Waals surface area contributed by atoms with Crippen LogP contribution in [0.1, 0.15) is 17.9 Å². The lowest BCUT2D eigenvalue weighted by Gasteiger charge is -2.28. The molecule has 0 saturated carbocycles. The Kier molecular flexibility index (Phi) is 12.5. The normalized spacial score (nSPS) is 13.0. The van der Waals surface area contributed by atoms with E-state index in [9.17, 15) is 0 Å². The Morgan fingerprint density at radius 2 is 0.618 bits per heavy atom. The van der Waals surface area contributed by atoms with Gasteiger partial charge < -0.3 is 9.80 Å². The minimum atomic E-state index is 0.296. The number of hydrogen-bond donors (Lipinski definition) is 0. The highest BCUT2D eigenvalue weighted by molar-refractivity contribution is 6.23. The first-order valence-corrected chi connectivity index (χ1v) is 26.3. The molecular weight excluding hydrogens is 917 g/mol. The summed E-state index contributed by atoms with van der Waals surface area (Å²) < 4.78 is 0. The van der Waals surface area contributed by atoms with Crippen molar-refractivity contribution in [3.8, 4) is 55.6 Å². The summed E-state index contributed by atoms with van der Waals surface area (Å²) in [5.74, 6) is 0.296. The molecule has 0 aromatic heterocycles. The maximum atomic E-state index is 2.45. The molecule has 0 amide bonds. The van der Waals surface area contributed by atoms with Crippen LogP contribution in [0.3, 0.4) is 0 Å². The molecular formula is C74H54N2. The Bertz CT molecular complexity index is 4040. The van der Waals surface area contributed by atoms with E-state index in [2.05, 4.69) is 319 Å². The Hall–Kier alpha value is -9.76. The fourth-order valence-corrected chi connectivity index (χ4v) is 11.3. The third kappa shape index (κ3) is 9.08. The van der Waals surface area contributed by atoms with Crippen molar-refractivity contribution in [1.29, 1.82) is 0 Å². The van der Waals surface area contributed by atoms with Crippen molar-refractivity contribution in [3.63, 3.8) is 0 Å². The van der Waals surface area contributed by atoms with Gasteiger partial charge in [0.25, 0.3) is 0 Å². The number of anilines is 6. The number of fused-ring (bicyclic) bond motifs is 2. The third-order valence-corrected chi connectivity index (χ3v) is 14.9. The molecule has 0 spiro atoms. The van der Waals surface area contributed by atoms with Crippen LogP contribution in [0.15, 0.2) is 309 Å². The molecule has 1 aliphatic carbocycles. The van der Waals surface area contributed by atoms with Crippen molar-refractivity contribution in [3.05, 3.63) is 315 Å². The predicted octanol–water partition coefficient (Wildman–Crippen LogP) is 20.9. The van der Waals surface area contributed by atoms with E-state index in [0.29, 0.717) is 5.92 Å². The van der Waals surface area contributed by atoms with Crippen LogP contribution in [0.4, 0.5) is 34.1 Å². The molecule has 1 aliphatic rings. The second kappa shape index (κ2) is 20.6. The van der Waals surface area contributed by atoms with Gasteiger partial charge in [-0.25, -0.2) is 0 Å². The third-order valence-electron chi connectivity index (χ3n) is 14.9. The van der Waals surface area contributed by atoms with Gasteiger partial charge in [0.15, 0.2) is 0 Å². The molecule has 0 bridgehead atoms. The second-order valence-corrected chi connectivity index (χ2v) is 19.6. The molecule has 12 aromatic carbocycles. The van der Waals surface area contributed by atoms with Crippen LogP contribution in [0.25, 0.3) is 77.2 Å². The number of para-hydroxylation sites is 2. The molecule has 2 nitrogen and oxygen atoms in total. The molecule has 1 atom stereocenters. The SMILES string of the molecule is C1=CCC(c2cccc(-c3c4ccc(N(c5ccccc5)c5ccc(-c6ccccc6)cc5)cc4c(-c4cccc(-c5ccccc5)c4)c4ccc(N(c5ccccc5)c5ccc(-c6ccccc6)cc5)cc34)c2)C=C1. The summed E-state index contributed by atoms with van der Waals surface area (Å²) in [7, 11) is 0. The van der Waals surface area contributed by atoms with Gasteiger partial charge in [0.05, 0.1) is 0 Å². The zero-order valence-electron chi connectivity index (χ0n) is 42.1. The zero-order valence-corrected chi connectivity index (χ0v) is 42.1. The molecule has 0 fully saturated rings. The fraction of sp³-hybridized carbons (Fsp3) is 0.0270. The first-order valence-electron chi connectivity index (χ1n) is 26.3. The summed E-state index contributed by atoms with van der Waals surface area (Å²) >= 11 is 0. The van der Waals surface area contributed by atoms with Gasteiger partial charge in [0.1, 0.15) is 0 Å². The van der Waals surface area contributed by atoms with Gasteiger partial charge in [0.2, 0.25) is 0 Å². The van der Waals surface area contributed by atoms with E-state index in [1.165, 1.54) is 77.2 Å². The van der Waals surface area contributed by atoms with Crippen molar-refractivity contribution in [1.82, 2.24) is 0 Å². The highest BCUT2D eigenvalue weighted by atomic mass is 15.1. The van der Waals surface area contributed by atoms with Crippen molar-refractivity contribution in [2.45, 2.75) is 12.3 Å². The van der Waals surface area contributed by atoms with E-state index in [-0.39, 0.29) is 0 Å². The summed E-state index contributed by atoms with van der Waals surface area (Å²) in [6.07, 6.45) is 9.95. The first kappa shape index (κ1) is 46.1. The first-order chi connectivity index (χ1) is 37.7. The number of rotatable bonds is 12. The number of allylic oxidation sites excluding steroid dienone is 4. The summed E-state index contributed by atoms with van der Waals surface area (Å²) in [5.41, 5.74) is 19.7. The molecule has 13 rings (SSSR count). The van der Waals surface area contributed by atoms with Crippen molar-refractivity contribution < 1.29 is 0 Å². The fourth-order valence-electron chi connectivity index (χ4n) is 11.3. The van der Waals surface area contributed by atoms with Crippen LogP contribution < -0.4 is 9.80 Å². The van der Waals surface area contributed by atoms with Crippen LogP contribution in [0.2, 0.25) is 0 Å². The average molecular weight is 971 g/mol. The van der Waals surface area contributed by atoms with Gasteiger partial charge >= 0.3 is 0 Å². The van der Waals surface area contributed by atoms with Gasteiger partial charge in [-0.15, -0.1) is 0 Å².